The van der Waals surface area contributed by atoms with E-state index in [2.05, 4.69) is 0 Å². The number of nitrogens with two attached hydrogens (primary N) is 1. The Bertz CT molecular complexity index is 319. The molecule has 5 aliphatic carbocycles. The SMILES string of the molecule is NC(C(=O)C1CC1)C1C2CC3CC(C2)CC1C3. The first kappa shape index (κ1) is 10.5. The van der Waals surface area contributed by atoms with Crippen molar-refractivity contribution in [2.75, 3.05) is 0 Å². The molecule has 1 unspecified atom stereocenters. The summed E-state index contributed by atoms with van der Waals surface area (Å²) in [6, 6.07) is -0.113. The highest BCUT2D eigenvalue weighted by Gasteiger charge is 2.52. The van der Waals surface area contributed by atoms with Gasteiger partial charge in [0.05, 0.1) is 6.04 Å². The monoisotopic (exact) mass is 233 g/mol. The molecule has 2 nitrogen and oxygen atoms in total. The van der Waals surface area contributed by atoms with E-state index in [1.165, 1.54) is 32.1 Å². The molecule has 0 amide bonds. The number of hydrogen-bond donors (Lipinski definition) is 1. The van der Waals surface area contributed by atoms with Gasteiger partial charge >= 0.3 is 0 Å². The van der Waals surface area contributed by atoms with Crippen LogP contribution in [0.4, 0.5) is 0 Å². The standard InChI is InChI=1S/C15H23NO/c16-14(15(17)10-1-2-10)13-11-4-8-3-9(6-11)7-12(13)5-8/h8-14H,1-7,16H2. The van der Waals surface area contributed by atoms with Crippen LogP contribution in [-0.4, -0.2) is 11.8 Å². The lowest BCUT2D eigenvalue weighted by molar-refractivity contribution is -0.127. The number of carbonyl (C=O) groups excluding carboxylic acids is 1. The molecule has 0 spiro atoms. The van der Waals surface area contributed by atoms with Gasteiger partial charge in [-0.15, -0.1) is 0 Å². The molecule has 0 aromatic heterocycles. The molecule has 0 radical (unpaired) electrons. The van der Waals surface area contributed by atoms with Gasteiger partial charge in [-0.05, 0) is 74.5 Å². The van der Waals surface area contributed by atoms with Crippen molar-refractivity contribution < 1.29 is 4.79 Å². The maximum atomic E-state index is 12.2. The van der Waals surface area contributed by atoms with Crippen LogP contribution < -0.4 is 5.73 Å². The number of Topliss-reactive ketones (excluding diaryl/α,β-unsaturated/α-hetero) is 1. The summed E-state index contributed by atoms with van der Waals surface area (Å²) in [6.07, 6.45) is 9.21. The van der Waals surface area contributed by atoms with Gasteiger partial charge in [0.15, 0.2) is 5.78 Å². The van der Waals surface area contributed by atoms with E-state index in [4.69, 9.17) is 5.73 Å². The van der Waals surface area contributed by atoms with Gasteiger partial charge < -0.3 is 5.73 Å². The minimum absolute atomic E-state index is 0.113. The normalized spacial score (nSPS) is 49.4. The lowest BCUT2D eigenvalue weighted by Crippen LogP contribution is -2.54. The quantitative estimate of drug-likeness (QED) is 0.813. The van der Waals surface area contributed by atoms with Gasteiger partial charge in [0.2, 0.25) is 0 Å². The van der Waals surface area contributed by atoms with E-state index in [1.807, 2.05) is 0 Å². The van der Waals surface area contributed by atoms with Gasteiger partial charge in [-0.1, -0.05) is 0 Å². The van der Waals surface area contributed by atoms with Crippen molar-refractivity contribution in [2.24, 2.45) is 41.2 Å². The van der Waals surface area contributed by atoms with Crippen LogP contribution in [-0.2, 0) is 4.79 Å². The third-order valence-corrected chi connectivity index (χ3v) is 6.02. The predicted molar refractivity (Wildman–Crippen MR) is 66.2 cm³/mol. The summed E-state index contributed by atoms with van der Waals surface area (Å²) in [7, 11) is 0. The molecule has 4 bridgehead atoms. The average Bonchev–Trinajstić information content (AvgIpc) is 3.10. The first-order valence-corrected chi connectivity index (χ1v) is 7.51. The Morgan fingerprint density at radius 3 is 1.94 bits per heavy atom. The molecule has 5 saturated carbocycles. The Morgan fingerprint density at radius 2 is 1.47 bits per heavy atom. The molecular weight excluding hydrogens is 210 g/mol. The summed E-state index contributed by atoms with van der Waals surface area (Å²) in [5.74, 6) is 4.86. The number of hydrogen-bond acceptors (Lipinski definition) is 2. The van der Waals surface area contributed by atoms with Gasteiger partial charge in [-0.2, -0.15) is 0 Å². The lowest BCUT2D eigenvalue weighted by atomic mass is 9.50. The fourth-order valence-corrected chi connectivity index (χ4v) is 5.38. The first-order chi connectivity index (χ1) is 8.22. The Balaban J connectivity index is 1.55. The van der Waals surface area contributed by atoms with E-state index in [0.29, 0.717) is 17.6 Å². The maximum absolute atomic E-state index is 12.2. The Hall–Kier alpha value is -0.370. The minimum Gasteiger partial charge on any atom is -0.321 e. The van der Waals surface area contributed by atoms with Crippen molar-refractivity contribution in [3.05, 3.63) is 0 Å². The van der Waals surface area contributed by atoms with E-state index in [9.17, 15) is 4.79 Å². The molecule has 0 aliphatic heterocycles. The highest BCUT2D eigenvalue weighted by atomic mass is 16.1. The highest BCUT2D eigenvalue weighted by molar-refractivity contribution is 5.88. The molecule has 5 aliphatic rings. The zero-order valence-electron chi connectivity index (χ0n) is 10.5. The summed E-state index contributed by atoms with van der Waals surface area (Å²) in [6.45, 7) is 0. The first-order valence-electron chi connectivity index (χ1n) is 7.51. The van der Waals surface area contributed by atoms with E-state index in [-0.39, 0.29) is 6.04 Å². The summed E-state index contributed by atoms with van der Waals surface area (Å²) in [5.41, 5.74) is 6.33. The van der Waals surface area contributed by atoms with Crippen molar-refractivity contribution in [1.82, 2.24) is 0 Å². The molecule has 0 aromatic rings. The van der Waals surface area contributed by atoms with Crippen LogP contribution in [0.25, 0.3) is 0 Å². The van der Waals surface area contributed by atoms with Crippen molar-refractivity contribution in [2.45, 2.75) is 51.0 Å². The Kier molecular flexibility index (Phi) is 2.21. The van der Waals surface area contributed by atoms with Gasteiger partial charge in [0, 0.05) is 5.92 Å². The average molecular weight is 233 g/mol. The van der Waals surface area contributed by atoms with Crippen molar-refractivity contribution >= 4 is 5.78 Å². The summed E-state index contributed by atoms with van der Waals surface area (Å²) >= 11 is 0. The predicted octanol–water partition coefficient (Wildman–Crippen LogP) is 2.37. The van der Waals surface area contributed by atoms with Crippen LogP contribution in [0.1, 0.15) is 44.9 Å². The van der Waals surface area contributed by atoms with E-state index >= 15 is 0 Å². The largest absolute Gasteiger partial charge is 0.321 e. The molecule has 0 aromatic carbocycles. The number of rotatable bonds is 3. The molecule has 1 atom stereocenters. The van der Waals surface area contributed by atoms with E-state index in [1.54, 1.807) is 0 Å². The molecule has 5 fully saturated rings. The Labute approximate surface area is 103 Å². The number of ketones is 1. The summed E-state index contributed by atoms with van der Waals surface area (Å²) in [4.78, 5) is 12.2. The molecule has 17 heavy (non-hydrogen) atoms. The lowest BCUT2D eigenvalue weighted by Gasteiger charge is -2.55. The second-order valence-corrected chi connectivity index (χ2v) is 7.21. The molecule has 0 heterocycles. The molecular formula is C15H23NO. The van der Waals surface area contributed by atoms with Crippen LogP contribution in [0.2, 0.25) is 0 Å². The highest BCUT2D eigenvalue weighted by Crippen LogP contribution is 2.57. The fraction of sp³-hybridized carbons (Fsp3) is 0.933. The zero-order valence-corrected chi connectivity index (χ0v) is 10.5. The van der Waals surface area contributed by atoms with Gasteiger partial charge in [-0.3, -0.25) is 4.79 Å². The van der Waals surface area contributed by atoms with E-state index < -0.39 is 0 Å². The smallest absolute Gasteiger partial charge is 0.152 e. The van der Waals surface area contributed by atoms with Crippen LogP contribution in [0.5, 0.6) is 0 Å². The topological polar surface area (TPSA) is 43.1 Å². The molecule has 0 saturated heterocycles. The third-order valence-electron chi connectivity index (χ3n) is 6.02. The molecule has 5 rings (SSSR count). The van der Waals surface area contributed by atoms with Gasteiger partial charge in [-0.25, -0.2) is 0 Å². The van der Waals surface area contributed by atoms with Gasteiger partial charge in [0.1, 0.15) is 0 Å². The van der Waals surface area contributed by atoms with Crippen LogP contribution in [0.15, 0.2) is 0 Å². The van der Waals surface area contributed by atoms with Crippen molar-refractivity contribution in [3.8, 4) is 0 Å². The van der Waals surface area contributed by atoms with Crippen LogP contribution in [0, 0.1) is 35.5 Å². The van der Waals surface area contributed by atoms with E-state index in [0.717, 1.165) is 36.5 Å². The summed E-state index contributed by atoms with van der Waals surface area (Å²) in [5, 5.41) is 0. The van der Waals surface area contributed by atoms with Crippen LogP contribution in [0.3, 0.4) is 0 Å². The maximum Gasteiger partial charge on any atom is 0.152 e. The second kappa shape index (κ2) is 3.57. The third kappa shape index (κ3) is 1.60. The van der Waals surface area contributed by atoms with Crippen molar-refractivity contribution in [1.29, 1.82) is 0 Å². The van der Waals surface area contributed by atoms with Gasteiger partial charge in [0.25, 0.3) is 0 Å². The fourth-order valence-electron chi connectivity index (χ4n) is 5.38. The zero-order chi connectivity index (χ0) is 11.6. The second-order valence-electron chi connectivity index (χ2n) is 7.21. The number of carbonyl (C=O) groups is 1. The summed E-state index contributed by atoms with van der Waals surface area (Å²) < 4.78 is 0. The minimum atomic E-state index is -0.113. The molecule has 2 heteroatoms. The van der Waals surface area contributed by atoms with Crippen molar-refractivity contribution in [3.63, 3.8) is 0 Å². The Morgan fingerprint density at radius 1 is 0.941 bits per heavy atom. The molecule has 2 N–H and O–H groups in total. The van der Waals surface area contributed by atoms with Crippen LogP contribution >= 0.6 is 0 Å². The molecule has 94 valence electrons.